The van der Waals surface area contributed by atoms with Crippen molar-refractivity contribution in [2.75, 3.05) is 0 Å². The molecule has 0 radical (unpaired) electrons. The Morgan fingerprint density at radius 3 is 2.36 bits per heavy atom. The molecule has 0 fully saturated rings. The molecule has 0 aromatic rings. The topological polar surface area (TPSA) is 12.4 Å². The lowest BCUT2D eigenvalue weighted by molar-refractivity contribution is 1.06. The smallest absolute Gasteiger partial charge is 0.0292 e. The average molecular weight is 151 g/mol. The second kappa shape index (κ2) is 5.90. The van der Waals surface area contributed by atoms with Crippen LogP contribution in [0.25, 0.3) is 0 Å². The average Bonchev–Trinajstić information content (AvgIpc) is 2.03. The van der Waals surface area contributed by atoms with E-state index < -0.39 is 0 Å². The maximum atomic E-state index is 3.74. The van der Waals surface area contributed by atoms with Gasteiger partial charge in [-0.1, -0.05) is 25.5 Å². The van der Waals surface area contributed by atoms with Gasteiger partial charge in [-0.2, -0.15) is 0 Å². The van der Waals surface area contributed by atoms with E-state index in [0.717, 1.165) is 12.8 Å². The molecule has 0 aromatic heterocycles. The van der Waals surface area contributed by atoms with Crippen molar-refractivity contribution in [3.63, 3.8) is 0 Å². The van der Waals surface area contributed by atoms with Gasteiger partial charge in [0.1, 0.15) is 0 Å². The molecule has 0 unspecified atom stereocenters. The minimum absolute atomic E-state index is 1.02. The molecule has 0 heterocycles. The van der Waals surface area contributed by atoms with Crippen LogP contribution in [0.3, 0.4) is 0 Å². The summed E-state index contributed by atoms with van der Waals surface area (Å²) in [7, 11) is 0. The van der Waals surface area contributed by atoms with Crippen molar-refractivity contribution < 1.29 is 0 Å². The first-order valence-electron chi connectivity index (χ1n) is 4.06. The van der Waals surface area contributed by atoms with E-state index in [2.05, 4.69) is 38.6 Å². The summed E-state index contributed by atoms with van der Waals surface area (Å²) in [6.45, 7) is 9.83. The first-order chi connectivity index (χ1) is 5.24. The highest BCUT2D eigenvalue weighted by Crippen LogP contribution is 2.08. The van der Waals surface area contributed by atoms with Gasteiger partial charge in [0.2, 0.25) is 0 Å². The third-order valence-electron chi connectivity index (χ3n) is 1.65. The highest BCUT2D eigenvalue weighted by molar-refractivity contribution is 5.29. The summed E-state index contributed by atoms with van der Waals surface area (Å²) in [5.41, 5.74) is 2.64. The quantitative estimate of drug-likeness (QED) is 0.431. The van der Waals surface area contributed by atoms with Crippen LogP contribution in [0.1, 0.15) is 33.6 Å². The zero-order valence-electron chi connectivity index (χ0n) is 7.72. The number of allylic oxidation sites excluding steroid dienone is 3. The SMILES string of the molecule is C=N/C=C(\C=C(/C)CC)CC. The molecule has 0 amide bonds. The summed E-state index contributed by atoms with van der Waals surface area (Å²) in [6.07, 6.45) is 6.12. The molecule has 0 aliphatic heterocycles. The lowest BCUT2D eigenvalue weighted by Crippen LogP contribution is -1.77. The molecule has 0 saturated heterocycles. The zero-order valence-corrected chi connectivity index (χ0v) is 7.72. The van der Waals surface area contributed by atoms with Crippen molar-refractivity contribution in [1.29, 1.82) is 0 Å². The van der Waals surface area contributed by atoms with Crippen molar-refractivity contribution in [3.05, 3.63) is 23.4 Å². The molecule has 1 nitrogen and oxygen atoms in total. The standard InChI is InChI=1S/C10H17N/c1-5-9(3)7-10(6-2)8-11-4/h7-8H,4-6H2,1-3H3/b9-7+,10-8-. The Balaban J connectivity index is 4.28. The summed E-state index contributed by atoms with van der Waals surface area (Å²) in [6, 6.07) is 0. The number of nitrogens with zero attached hydrogens (tertiary/aromatic N) is 1. The van der Waals surface area contributed by atoms with E-state index in [1.165, 1.54) is 11.1 Å². The molecule has 0 spiro atoms. The van der Waals surface area contributed by atoms with Crippen molar-refractivity contribution >= 4 is 6.72 Å². The summed E-state index contributed by atoms with van der Waals surface area (Å²) in [5, 5.41) is 0. The number of aliphatic imine (C=N–C) groups is 1. The van der Waals surface area contributed by atoms with E-state index in [0.29, 0.717) is 0 Å². The minimum Gasteiger partial charge on any atom is -0.272 e. The van der Waals surface area contributed by atoms with Crippen LogP contribution in [0, 0.1) is 0 Å². The molecule has 0 saturated carbocycles. The Morgan fingerprint density at radius 1 is 1.36 bits per heavy atom. The van der Waals surface area contributed by atoms with Gasteiger partial charge in [0.05, 0.1) is 0 Å². The first-order valence-corrected chi connectivity index (χ1v) is 4.06. The van der Waals surface area contributed by atoms with Gasteiger partial charge in [0.15, 0.2) is 0 Å². The lowest BCUT2D eigenvalue weighted by atomic mass is 10.1. The summed E-state index contributed by atoms with van der Waals surface area (Å²) in [4.78, 5) is 3.74. The van der Waals surface area contributed by atoms with E-state index in [9.17, 15) is 0 Å². The fourth-order valence-corrected chi connectivity index (χ4v) is 0.766. The van der Waals surface area contributed by atoms with Crippen molar-refractivity contribution in [1.82, 2.24) is 0 Å². The molecule has 0 rings (SSSR count). The van der Waals surface area contributed by atoms with Crippen molar-refractivity contribution in [2.45, 2.75) is 33.6 Å². The lowest BCUT2D eigenvalue weighted by Gasteiger charge is -1.97. The maximum Gasteiger partial charge on any atom is 0.0292 e. The Bertz CT molecular complexity index is 175. The molecule has 0 aliphatic rings. The Hall–Kier alpha value is -0.850. The molecular weight excluding hydrogens is 134 g/mol. The normalized spacial score (nSPS) is 13.4. The molecule has 1 heteroatoms. The van der Waals surface area contributed by atoms with Crippen LogP contribution < -0.4 is 0 Å². The van der Waals surface area contributed by atoms with Crippen molar-refractivity contribution in [2.24, 2.45) is 4.99 Å². The van der Waals surface area contributed by atoms with E-state index in [-0.39, 0.29) is 0 Å². The Morgan fingerprint density at radius 2 is 2.00 bits per heavy atom. The molecule has 0 N–H and O–H groups in total. The molecule has 0 aromatic carbocycles. The van der Waals surface area contributed by atoms with Crippen molar-refractivity contribution in [3.8, 4) is 0 Å². The highest BCUT2D eigenvalue weighted by atomic mass is 14.6. The van der Waals surface area contributed by atoms with Gasteiger partial charge >= 0.3 is 0 Å². The van der Waals surface area contributed by atoms with Crippen LogP contribution in [0.4, 0.5) is 0 Å². The van der Waals surface area contributed by atoms with Gasteiger partial charge in [-0.25, -0.2) is 0 Å². The van der Waals surface area contributed by atoms with Crippen LogP contribution in [0.2, 0.25) is 0 Å². The largest absolute Gasteiger partial charge is 0.272 e. The van der Waals surface area contributed by atoms with Gasteiger partial charge in [0, 0.05) is 6.20 Å². The molecule has 0 aliphatic carbocycles. The van der Waals surface area contributed by atoms with E-state index in [1.807, 2.05) is 6.20 Å². The van der Waals surface area contributed by atoms with Gasteiger partial charge in [0.25, 0.3) is 0 Å². The molecule has 11 heavy (non-hydrogen) atoms. The highest BCUT2D eigenvalue weighted by Gasteiger charge is 1.88. The van der Waals surface area contributed by atoms with E-state index >= 15 is 0 Å². The number of hydrogen-bond donors (Lipinski definition) is 0. The molecule has 0 bridgehead atoms. The van der Waals surface area contributed by atoms with Gasteiger partial charge in [-0.3, -0.25) is 4.99 Å². The Kier molecular flexibility index (Phi) is 5.44. The third-order valence-corrected chi connectivity index (χ3v) is 1.65. The van der Waals surface area contributed by atoms with Crippen LogP contribution in [0.15, 0.2) is 28.4 Å². The number of hydrogen-bond acceptors (Lipinski definition) is 1. The first kappa shape index (κ1) is 10.2. The Labute approximate surface area is 69.5 Å². The summed E-state index contributed by atoms with van der Waals surface area (Å²) in [5.74, 6) is 0. The van der Waals surface area contributed by atoms with Crippen LogP contribution in [-0.4, -0.2) is 6.72 Å². The van der Waals surface area contributed by atoms with Crippen LogP contribution in [-0.2, 0) is 0 Å². The summed E-state index contributed by atoms with van der Waals surface area (Å²) >= 11 is 0. The predicted octanol–water partition coefficient (Wildman–Crippen LogP) is 3.34. The third kappa shape index (κ3) is 4.54. The molecular formula is C10H17N. The fourth-order valence-electron chi connectivity index (χ4n) is 0.766. The van der Waals surface area contributed by atoms with E-state index in [4.69, 9.17) is 0 Å². The fraction of sp³-hybridized carbons (Fsp3) is 0.500. The maximum absolute atomic E-state index is 3.74. The zero-order chi connectivity index (χ0) is 8.69. The van der Waals surface area contributed by atoms with Gasteiger partial charge in [-0.05, 0) is 32.1 Å². The van der Waals surface area contributed by atoms with Crippen LogP contribution in [0.5, 0.6) is 0 Å². The van der Waals surface area contributed by atoms with Gasteiger partial charge in [-0.15, -0.1) is 0 Å². The predicted molar refractivity (Wildman–Crippen MR) is 52.0 cm³/mol. The monoisotopic (exact) mass is 151 g/mol. The van der Waals surface area contributed by atoms with Gasteiger partial charge < -0.3 is 0 Å². The number of rotatable bonds is 4. The van der Waals surface area contributed by atoms with Crippen LogP contribution >= 0.6 is 0 Å². The molecule has 62 valence electrons. The minimum atomic E-state index is 1.02. The summed E-state index contributed by atoms with van der Waals surface area (Å²) < 4.78 is 0. The van der Waals surface area contributed by atoms with E-state index in [1.54, 1.807) is 0 Å². The second-order valence-corrected chi connectivity index (χ2v) is 2.58. The second-order valence-electron chi connectivity index (χ2n) is 2.58. The molecule has 0 atom stereocenters.